The molecule has 0 saturated carbocycles. The second-order valence-electron chi connectivity index (χ2n) is 5.33. The van der Waals surface area contributed by atoms with Gasteiger partial charge in [0.25, 0.3) is 0 Å². The summed E-state index contributed by atoms with van der Waals surface area (Å²) in [6.07, 6.45) is 0.937. The van der Waals surface area contributed by atoms with Crippen molar-refractivity contribution in [2.45, 2.75) is 26.0 Å². The molecule has 0 radical (unpaired) electrons. The molecule has 0 saturated heterocycles. The fraction of sp³-hybridized carbons (Fsp3) is 0.222. The lowest BCUT2D eigenvalue weighted by atomic mass is 10.1. The van der Waals surface area contributed by atoms with Crippen molar-refractivity contribution < 1.29 is 14.3 Å². The van der Waals surface area contributed by atoms with Crippen LogP contribution in [0.4, 0.5) is 4.79 Å². The third kappa shape index (κ3) is 3.34. The number of carbonyl (C=O) groups excluding carboxylic acids is 2. The average Bonchev–Trinajstić information content (AvgIpc) is 2.93. The van der Waals surface area contributed by atoms with Crippen molar-refractivity contribution in [1.82, 2.24) is 5.32 Å². The van der Waals surface area contributed by atoms with E-state index in [1.165, 1.54) is 0 Å². The zero-order valence-corrected chi connectivity index (χ0v) is 12.2. The lowest BCUT2D eigenvalue weighted by Gasteiger charge is -2.08. The van der Waals surface area contributed by atoms with Crippen molar-refractivity contribution in [3.05, 3.63) is 70.8 Å². The van der Waals surface area contributed by atoms with Gasteiger partial charge in [-0.25, -0.2) is 4.79 Å². The Balaban J connectivity index is 1.50. The van der Waals surface area contributed by atoms with Gasteiger partial charge in [0.05, 0.1) is 0 Å². The molecule has 0 fully saturated rings. The maximum Gasteiger partial charge on any atom is 0.407 e. The summed E-state index contributed by atoms with van der Waals surface area (Å²) in [5.41, 5.74) is 3.82. The van der Waals surface area contributed by atoms with Gasteiger partial charge in [0.15, 0.2) is 5.78 Å². The monoisotopic (exact) mass is 295 g/mol. The van der Waals surface area contributed by atoms with Crippen molar-refractivity contribution in [1.29, 1.82) is 0 Å². The molecule has 4 nitrogen and oxygen atoms in total. The highest BCUT2D eigenvalue weighted by molar-refractivity contribution is 6.00. The highest BCUT2D eigenvalue weighted by atomic mass is 16.5. The van der Waals surface area contributed by atoms with E-state index in [0.717, 1.165) is 28.7 Å². The van der Waals surface area contributed by atoms with E-state index in [4.69, 9.17) is 4.74 Å². The quantitative estimate of drug-likeness (QED) is 0.942. The summed E-state index contributed by atoms with van der Waals surface area (Å²) in [5, 5.41) is 2.73. The highest BCUT2D eigenvalue weighted by Crippen LogP contribution is 2.22. The lowest BCUT2D eigenvalue weighted by molar-refractivity contribution is 0.0994. The number of hydrogen-bond donors (Lipinski definition) is 1. The molecule has 3 rings (SSSR count). The van der Waals surface area contributed by atoms with E-state index in [9.17, 15) is 9.59 Å². The highest BCUT2D eigenvalue weighted by Gasteiger charge is 2.19. The minimum Gasteiger partial charge on any atom is -0.445 e. The van der Waals surface area contributed by atoms with Crippen LogP contribution in [0, 0.1) is 0 Å². The second-order valence-corrected chi connectivity index (χ2v) is 5.33. The van der Waals surface area contributed by atoms with Crippen LogP contribution in [0.2, 0.25) is 0 Å². The Morgan fingerprint density at radius 3 is 2.68 bits per heavy atom. The molecule has 4 heteroatoms. The second kappa shape index (κ2) is 6.43. The third-order valence-corrected chi connectivity index (χ3v) is 3.74. The number of alkyl carbamates (subject to hydrolysis) is 1. The molecular weight excluding hydrogens is 278 g/mol. The fourth-order valence-corrected chi connectivity index (χ4v) is 2.57. The Morgan fingerprint density at radius 1 is 1.05 bits per heavy atom. The van der Waals surface area contributed by atoms with Crippen LogP contribution in [-0.4, -0.2) is 11.9 Å². The molecular formula is C18H17NO3. The molecule has 1 aliphatic carbocycles. The number of fused-ring (bicyclic) bond motifs is 1. The molecule has 0 aliphatic heterocycles. The van der Waals surface area contributed by atoms with Gasteiger partial charge in [-0.1, -0.05) is 48.5 Å². The van der Waals surface area contributed by atoms with E-state index in [0.29, 0.717) is 13.0 Å². The normalized spacial score (nSPS) is 12.8. The number of nitrogens with one attached hydrogen (secondary N) is 1. The van der Waals surface area contributed by atoms with Crippen LogP contribution >= 0.6 is 0 Å². The van der Waals surface area contributed by atoms with Gasteiger partial charge in [0, 0.05) is 18.5 Å². The van der Waals surface area contributed by atoms with E-state index < -0.39 is 6.09 Å². The zero-order chi connectivity index (χ0) is 15.4. The van der Waals surface area contributed by atoms with Gasteiger partial charge >= 0.3 is 6.09 Å². The Morgan fingerprint density at radius 2 is 1.86 bits per heavy atom. The van der Waals surface area contributed by atoms with Gasteiger partial charge in [-0.2, -0.15) is 0 Å². The summed E-state index contributed by atoms with van der Waals surface area (Å²) in [6, 6.07) is 15.2. The molecule has 22 heavy (non-hydrogen) atoms. The van der Waals surface area contributed by atoms with Crippen LogP contribution in [0.25, 0.3) is 0 Å². The standard InChI is InChI=1S/C18H17NO3/c20-17-9-7-15-10-14(6-8-16(15)17)11-19-18(21)22-12-13-4-2-1-3-5-13/h1-6,8,10H,7,9,11-12H2,(H,19,21). The minimum atomic E-state index is -0.444. The number of ketones is 1. The molecule has 0 unspecified atom stereocenters. The fourth-order valence-electron chi connectivity index (χ4n) is 2.57. The molecule has 1 amide bonds. The average molecular weight is 295 g/mol. The van der Waals surface area contributed by atoms with Crippen LogP contribution in [0.15, 0.2) is 48.5 Å². The summed E-state index contributed by atoms with van der Waals surface area (Å²) in [7, 11) is 0. The molecule has 1 aliphatic rings. The predicted octanol–water partition coefficient (Wildman–Crippen LogP) is 3.24. The van der Waals surface area contributed by atoms with Crippen molar-refractivity contribution in [3.63, 3.8) is 0 Å². The number of amides is 1. The Kier molecular flexibility index (Phi) is 4.19. The topological polar surface area (TPSA) is 55.4 Å². The number of rotatable bonds is 4. The smallest absolute Gasteiger partial charge is 0.407 e. The van der Waals surface area contributed by atoms with Crippen LogP contribution < -0.4 is 5.32 Å². The first-order valence-electron chi connectivity index (χ1n) is 7.32. The van der Waals surface area contributed by atoms with Crippen molar-refractivity contribution in [2.24, 2.45) is 0 Å². The number of aryl methyl sites for hydroxylation is 1. The number of Topliss-reactive ketones (excluding diaryl/α,β-unsaturated/α-hetero) is 1. The molecule has 0 bridgehead atoms. The van der Waals surface area contributed by atoms with Gasteiger partial charge in [-0.15, -0.1) is 0 Å². The van der Waals surface area contributed by atoms with Gasteiger partial charge in [-0.3, -0.25) is 4.79 Å². The SMILES string of the molecule is O=C(NCc1ccc2c(c1)CCC2=O)OCc1ccccc1. The molecule has 2 aromatic carbocycles. The predicted molar refractivity (Wildman–Crippen MR) is 82.6 cm³/mol. The summed E-state index contributed by atoms with van der Waals surface area (Å²) in [4.78, 5) is 23.3. The van der Waals surface area contributed by atoms with E-state index in [2.05, 4.69) is 5.32 Å². The van der Waals surface area contributed by atoms with E-state index in [1.54, 1.807) is 0 Å². The van der Waals surface area contributed by atoms with Gasteiger partial charge < -0.3 is 10.1 Å². The molecule has 0 spiro atoms. The van der Waals surface area contributed by atoms with Crippen LogP contribution in [0.1, 0.15) is 33.5 Å². The Bertz CT molecular complexity index is 695. The van der Waals surface area contributed by atoms with E-state index >= 15 is 0 Å². The number of carbonyl (C=O) groups is 2. The number of ether oxygens (including phenoxy) is 1. The first-order valence-corrected chi connectivity index (χ1v) is 7.32. The summed E-state index contributed by atoms with van der Waals surface area (Å²) in [5.74, 6) is 0.205. The molecule has 2 aromatic rings. The van der Waals surface area contributed by atoms with Crippen molar-refractivity contribution in [2.75, 3.05) is 0 Å². The minimum absolute atomic E-state index is 0.205. The maximum atomic E-state index is 11.7. The number of hydrogen-bond acceptors (Lipinski definition) is 3. The molecule has 0 aromatic heterocycles. The zero-order valence-electron chi connectivity index (χ0n) is 12.2. The molecule has 0 atom stereocenters. The van der Waals surface area contributed by atoms with E-state index in [-0.39, 0.29) is 12.4 Å². The largest absolute Gasteiger partial charge is 0.445 e. The summed E-state index contributed by atoms with van der Waals surface area (Å²) < 4.78 is 5.16. The van der Waals surface area contributed by atoms with Crippen molar-refractivity contribution in [3.8, 4) is 0 Å². The van der Waals surface area contributed by atoms with Crippen LogP contribution in [0.3, 0.4) is 0 Å². The summed E-state index contributed by atoms with van der Waals surface area (Å²) >= 11 is 0. The Hall–Kier alpha value is -2.62. The lowest BCUT2D eigenvalue weighted by Crippen LogP contribution is -2.23. The van der Waals surface area contributed by atoms with Gasteiger partial charge in [0.1, 0.15) is 6.61 Å². The van der Waals surface area contributed by atoms with Gasteiger partial charge in [-0.05, 0) is 23.1 Å². The summed E-state index contributed by atoms with van der Waals surface area (Å²) in [6.45, 7) is 0.653. The number of benzene rings is 2. The van der Waals surface area contributed by atoms with E-state index in [1.807, 2.05) is 48.5 Å². The van der Waals surface area contributed by atoms with Crippen LogP contribution in [-0.2, 0) is 24.3 Å². The van der Waals surface area contributed by atoms with Gasteiger partial charge in [0.2, 0.25) is 0 Å². The first-order chi connectivity index (χ1) is 10.7. The third-order valence-electron chi connectivity index (χ3n) is 3.74. The molecule has 1 N–H and O–H groups in total. The molecule has 112 valence electrons. The molecule has 0 heterocycles. The van der Waals surface area contributed by atoms with Crippen molar-refractivity contribution >= 4 is 11.9 Å². The first kappa shape index (κ1) is 14.3. The maximum absolute atomic E-state index is 11.7. The Labute approximate surface area is 129 Å². The van der Waals surface area contributed by atoms with Crippen LogP contribution in [0.5, 0.6) is 0 Å².